The van der Waals surface area contributed by atoms with Crippen LogP contribution in [0.5, 0.6) is 5.75 Å². The lowest BCUT2D eigenvalue weighted by Gasteiger charge is -2.29. The molecule has 1 aromatic carbocycles. The number of carbonyl (C=O) groups is 2. The van der Waals surface area contributed by atoms with Crippen molar-refractivity contribution in [3.8, 4) is 5.75 Å². The number of anilines is 2. The molecule has 0 bridgehead atoms. The summed E-state index contributed by atoms with van der Waals surface area (Å²) in [5.41, 5.74) is 1.71. The molecule has 5 nitrogen and oxygen atoms in total. The normalized spacial score (nSPS) is 16.0. The molecule has 2 aromatic rings. The van der Waals surface area contributed by atoms with Gasteiger partial charge in [0.25, 0.3) is 0 Å². The van der Waals surface area contributed by atoms with Crippen molar-refractivity contribution in [2.75, 3.05) is 23.4 Å². The number of ether oxygens (including phenoxy) is 1. The van der Waals surface area contributed by atoms with E-state index in [4.69, 9.17) is 4.74 Å². The molecule has 3 rings (SSSR count). The molecule has 6 heteroatoms. The Labute approximate surface area is 170 Å². The number of benzene rings is 1. The van der Waals surface area contributed by atoms with Crippen LogP contribution in [0.25, 0.3) is 6.08 Å². The summed E-state index contributed by atoms with van der Waals surface area (Å²) in [6, 6.07) is 7.37. The van der Waals surface area contributed by atoms with Crippen molar-refractivity contribution in [3.05, 3.63) is 46.7 Å². The highest BCUT2D eigenvalue weighted by Crippen LogP contribution is 2.38. The highest BCUT2D eigenvalue weighted by atomic mass is 32.1. The molecule has 2 amide bonds. The number of hydrogen-bond acceptors (Lipinski definition) is 4. The number of hydrogen-bond donors (Lipinski definition) is 1. The molecule has 0 atom stereocenters. The quantitative estimate of drug-likeness (QED) is 0.736. The van der Waals surface area contributed by atoms with E-state index in [1.165, 1.54) is 6.08 Å². The van der Waals surface area contributed by atoms with Crippen molar-refractivity contribution in [3.63, 3.8) is 0 Å². The van der Waals surface area contributed by atoms with Crippen LogP contribution in [0.15, 0.2) is 41.1 Å². The highest BCUT2D eigenvalue weighted by molar-refractivity contribution is 7.08. The molecular weight excluding hydrogens is 372 g/mol. The summed E-state index contributed by atoms with van der Waals surface area (Å²) < 4.78 is 5.91. The van der Waals surface area contributed by atoms with Crippen molar-refractivity contribution >= 4 is 40.6 Å². The van der Waals surface area contributed by atoms with Gasteiger partial charge in [-0.15, -0.1) is 0 Å². The maximum atomic E-state index is 13.1. The van der Waals surface area contributed by atoms with Gasteiger partial charge in [-0.2, -0.15) is 11.3 Å². The standard InChI is InChI=1S/C22H26N2O3S/c1-15(2)12-24-18-11-17(23-20(25)8-5-16-9-10-28-13-16)6-7-19(18)27-14-22(3,4)21(24)26/h5-11,13,15H,12,14H2,1-4H3,(H,23,25)/b8-5+. The molecular formula is C22H26N2O3S. The smallest absolute Gasteiger partial charge is 0.248 e. The Kier molecular flexibility index (Phi) is 5.89. The van der Waals surface area contributed by atoms with Gasteiger partial charge in [-0.1, -0.05) is 13.8 Å². The second-order valence-electron chi connectivity index (χ2n) is 8.04. The summed E-state index contributed by atoms with van der Waals surface area (Å²) in [7, 11) is 0. The van der Waals surface area contributed by atoms with E-state index in [0.29, 0.717) is 36.2 Å². The second kappa shape index (κ2) is 8.19. The summed E-state index contributed by atoms with van der Waals surface area (Å²) >= 11 is 1.58. The Morgan fingerprint density at radius 3 is 2.82 bits per heavy atom. The van der Waals surface area contributed by atoms with E-state index >= 15 is 0 Å². The summed E-state index contributed by atoms with van der Waals surface area (Å²) in [5.74, 6) is 0.771. The second-order valence-corrected chi connectivity index (χ2v) is 8.82. The fourth-order valence-electron chi connectivity index (χ4n) is 2.99. The average molecular weight is 399 g/mol. The van der Waals surface area contributed by atoms with E-state index in [1.807, 2.05) is 42.8 Å². The van der Waals surface area contributed by atoms with E-state index in [9.17, 15) is 9.59 Å². The Bertz CT molecular complexity index is 885. The number of amides is 2. The first-order valence-electron chi connectivity index (χ1n) is 9.36. The van der Waals surface area contributed by atoms with Gasteiger partial charge in [-0.25, -0.2) is 0 Å². The number of carbonyl (C=O) groups excluding carboxylic acids is 2. The van der Waals surface area contributed by atoms with Crippen molar-refractivity contribution < 1.29 is 14.3 Å². The van der Waals surface area contributed by atoms with E-state index in [2.05, 4.69) is 19.2 Å². The predicted octanol–water partition coefficient (Wildman–Crippen LogP) is 4.81. The number of nitrogens with one attached hydrogen (secondary N) is 1. The Morgan fingerprint density at radius 1 is 1.36 bits per heavy atom. The van der Waals surface area contributed by atoms with Crippen LogP contribution in [-0.4, -0.2) is 25.0 Å². The molecule has 1 N–H and O–H groups in total. The van der Waals surface area contributed by atoms with Crippen LogP contribution in [0.3, 0.4) is 0 Å². The first-order valence-corrected chi connectivity index (χ1v) is 10.3. The van der Waals surface area contributed by atoms with Gasteiger partial charge in [0.2, 0.25) is 11.8 Å². The van der Waals surface area contributed by atoms with Crippen LogP contribution < -0.4 is 15.0 Å². The van der Waals surface area contributed by atoms with Crippen molar-refractivity contribution in [2.45, 2.75) is 27.7 Å². The van der Waals surface area contributed by atoms with Gasteiger partial charge in [0.05, 0.1) is 11.1 Å². The summed E-state index contributed by atoms with van der Waals surface area (Å²) in [6.45, 7) is 8.86. The van der Waals surface area contributed by atoms with Gasteiger partial charge in [-0.3, -0.25) is 9.59 Å². The lowest BCUT2D eigenvalue weighted by molar-refractivity contribution is -0.127. The average Bonchev–Trinajstić information content (AvgIpc) is 3.13. The molecule has 2 heterocycles. The molecule has 0 spiro atoms. The van der Waals surface area contributed by atoms with E-state index in [0.717, 1.165) is 5.56 Å². The lowest BCUT2D eigenvalue weighted by Crippen LogP contribution is -2.43. The van der Waals surface area contributed by atoms with Crippen molar-refractivity contribution in [2.24, 2.45) is 11.3 Å². The van der Waals surface area contributed by atoms with Gasteiger partial charge in [0, 0.05) is 18.3 Å². The molecule has 1 aliphatic rings. The fraction of sp³-hybridized carbons (Fsp3) is 0.364. The van der Waals surface area contributed by atoms with Crippen LogP contribution in [0.4, 0.5) is 11.4 Å². The van der Waals surface area contributed by atoms with Gasteiger partial charge in [0.1, 0.15) is 12.4 Å². The van der Waals surface area contributed by atoms with Gasteiger partial charge in [-0.05, 0) is 66.4 Å². The van der Waals surface area contributed by atoms with Gasteiger partial charge < -0.3 is 15.0 Å². The van der Waals surface area contributed by atoms with Gasteiger partial charge in [0.15, 0.2) is 0 Å². The Morgan fingerprint density at radius 2 is 2.14 bits per heavy atom. The van der Waals surface area contributed by atoms with Crippen molar-refractivity contribution in [1.82, 2.24) is 0 Å². The molecule has 0 aliphatic carbocycles. The molecule has 1 aliphatic heterocycles. The number of rotatable bonds is 5. The van der Waals surface area contributed by atoms with Crippen molar-refractivity contribution in [1.29, 1.82) is 0 Å². The molecule has 0 saturated heterocycles. The van der Waals surface area contributed by atoms with Crippen LogP contribution in [-0.2, 0) is 9.59 Å². The zero-order valence-electron chi connectivity index (χ0n) is 16.7. The maximum Gasteiger partial charge on any atom is 0.248 e. The number of nitrogens with zero attached hydrogens (tertiary/aromatic N) is 1. The predicted molar refractivity (Wildman–Crippen MR) is 115 cm³/mol. The molecule has 1 aromatic heterocycles. The minimum Gasteiger partial charge on any atom is -0.490 e. The monoisotopic (exact) mass is 398 g/mol. The van der Waals surface area contributed by atoms with Crippen LogP contribution in [0.1, 0.15) is 33.3 Å². The summed E-state index contributed by atoms with van der Waals surface area (Å²) in [4.78, 5) is 27.1. The first-order chi connectivity index (χ1) is 13.3. The Balaban J connectivity index is 1.85. The third-order valence-corrected chi connectivity index (χ3v) is 5.15. The minimum absolute atomic E-state index is 0.0285. The SMILES string of the molecule is CC(C)CN1C(=O)C(C)(C)COc2ccc(NC(=O)/C=C/c3ccsc3)cc21. The molecule has 0 unspecified atom stereocenters. The zero-order valence-corrected chi connectivity index (χ0v) is 17.5. The van der Waals surface area contributed by atoms with E-state index in [1.54, 1.807) is 28.4 Å². The fourth-order valence-corrected chi connectivity index (χ4v) is 3.62. The molecule has 0 radical (unpaired) electrons. The van der Waals surface area contributed by atoms with E-state index in [-0.39, 0.29) is 11.8 Å². The maximum absolute atomic E-state index is 13.1. The van der Waals surface area contributed by atoms with Crippen LogP contribution in [0.2, 0.25) is 0 Å². The minimum atomic E-state index is -0.611. The molecule has 0 saturated carbocycles. The topological polar surface area (TPSA) is 58.6 Å². The molecule has 0 fully saturated rings. The summed E-state index contributed by atoms with van der Waals surface area (Å²) in [6.07, 6.45) is 3.28. The van der Waals surface area contributed by atoms with Crippen LogP contribution >= 0.6 is 11.3 Å². The zero-order chi connectivity index (χ0) is 20.3. The van der Waals surface area contributed by atoms with Gasteiger partial charge >= 0.3 is 0 Å². The molecule has 148 valence electrons. The number of thiophene rings is 1. The van der Waals surface area contributed by atoms with E-state index < -0.39 is 5.41 Å². The molecule has 28 heavy (non-hydrogen) atoms. The largest absolute Gasteiger partial charge is 0.490 e. The Hall–Kier alpha value is -2.60. The number of fused-ring (bicyclic) bond motifs is 1. The third kappa shape index (κ3) is 4.62. The lowest BCUT2D eigenvalue weighted by atomic mass is 9.92. The third-order valence-electron chi connectivity index (χ3n) is 4.45. The summed E-state index contributed by atoms with van der Waals surface area (Å²) in [5, 5.41) is 6.81. The first kappa shape index (κ1) is 20.1. The highest BCUT2D eigenvalue weighted by Gasteiger charge is 2.38. The van der Waals surface area contributed by atoms with Crippen LogP contribution in [0, 0.1) is 11.3 Å².